The lowest BCUT2D eigenvalue weighted by Gasteiger charge is -2.33. The third-order valence-corrected chi connectivity index (χ3v) is 6.28. The van der Waals surface area contributed by atoms with Gasteiger partial charge in [0.2, 0.25) is 0 Å². The van der Waals surface area contributed by atoms with Crippen LogP contribution in [-0.2, 0) is 12.0 Å². The highest BCUT2D eigenvalue weighted by Gasteiger charge is 2.24. The first-order valence-electron chi connectivity index (χ1n) is 11.0. The van der Waals surface area contributed by atoms with Crippen LogP contribution in [0.1, 0.15) is 31.9 Å². The largest absolute Gasteiger partial charge is 0.352 e. The average molecular weight is 409 g/mol. The summed E-state index contributed by atoms with van der Waals surface area (Å²) in [4.78, 5) is 17.1. The van der Waals surface area contributed by atoms with Crippen LogP contribution in [0.4, 0.5) is 5.82 Å². The highest BCUT2D eigenvalue weighted by molar-refractivity contribution is 6.08. The van der Waals surface area contributed by atoms with E-state index in [1.54, 1.807) is 0 Å². The van der Waals surface area contributed by atoms with Gasteiger partial charge in [0.15, 0.2) is 5.82 Å². The Hall–Kier alpha value is -2.18. The first-order chi connectivity index (χ1) is 14.1. The van der Waals surface area contributed by atoms with Crippen LogP contribution in [0.2, 0.25) is 0 Å². The van der Waals surface area contributed by atoms with Crippen molar-refractivity contribution in [1.29, 1.82) is 0 Å². The maximum atomic E-state index is 5.22. The zero-order valence-electron chi connectivity index (χ0n) is 19.7. The molecule has 0 bridgehead atoms. The molecule has 0 saturated carbocycles. The van der Waals surface area contributed by atoms with Crippen LogP contribution in [0, 0.1) is 6.92 Å². The van der Waals surface area contributed by atoms with Crippen molar-refractivity contribution in [2.24, 2.45) is 0 Å². The van der Waals surface area contributed by atoms with E-state index in [9.17, 15) is 0 Å². The molecule has 1 aliphatic rings. The van der Waals surface area contributed by atoms with Gasteiger partial charge >= 0.3 is 0 Å². The maximum Gasteiger partial charge on any atom is 0.157 e. The van der Waals surface area contributed by atoms with Crippen molar-refractivity contribution in [3.05, 3.63) is 29.6 Å². The van der Waals surface area contributed by atoms with Crippen molar-refractivity contribution >= 4 is 27.8 Å². The number of fused-ring (bicyclic) bond motifs is 3. The fourth-order valence-electron chi connectivity index (χ4n) is 4.29. The van der Waals surface area contributed by atoms with Gasteiger partial charge in [0.1, 0.15) is 5.52 Å². The monoisotopic (exact) mass is 408 g/mol. The van der Waals surface area contributed by atoms with Gasteiger partial charge in [-0.1, -0.05) is 26.8 Å². The van der Waals surface area contributed by atoms with Gasteiger partial charge in [-0.05, 0) is 50.7 Å². The molecule has 0 spiro atoms. The van der Waals surface area contributed by atoms with Crippen LogP contribution >= 0.6 is 0 Å². The Morgan fingerprint density at radius 2 is 1.77 bits per heavy atom. The molecular formula is C24H36N6. The standard InChI is InChI=1S/C24H36N6/c1-17-14-18(24(2,3)4)15-19-20(17)22-21(25-16-30(22)11-8-27(5)6)23(26-19)29-12-9-28(7)10-13-29/h14-16H,8-13H2,1-7H3. The van der Waals surface area contributed by atoms with Crippen LogP contribution < -0.4 is 4.90 Å². The first-order valence-corrected chi connectivity index (χ1v) is 11.0. The van der Waals surface area contributed by atoms with E-state index in [0.717, 1.165) is 56.1 Å². The molecule has 1 aliphatic heterocycles. The Balaban J connectivity index is 1.96. The molecular weight excluding hydrogens is 372 g/mol. The lowest BCUT2D eigenvalue weighted by atomic mass is 9.85. The molecule has 6 heteroatoms. The molecule has 30 heavy (non-hydrogen) atoms. The minimum atomic E-state index is 0.0920. The maximum absolute atomic E-state index is 5.22. The van der Waals surface area contributed by atoms with E-state index in [2.05, 4.69) is 80.2 Å². The number of piperazine rings is 1. The number of aryl methyl sites for hydroxylation is 1. The smallest absolute Gasteiger partial charge is 0.157 e. The number of rotatable bonds is 4. The zero-order valence-corrected chi connectivity index (χ0v) is 19.7. The molecule has 162 valence electrons. The second kappa shape index (κ2) is 7.82. The predicted molar refractivity (Wildman–Crippen MR) is 127 cm³/mol. The van der Waals surface area contributed by atoms with Gasteiger partial charge in [-0.25, -0.2) is 9.97 Å². The van der Waals surface area contributed by atoms with Crippen LogP contribution in [-0.4, -0.2) is 78.2 Å². The van der Waals surface area contributed by atoms with Gasteiger partial charge in [0, 0.05) is 44.7 Å². The summed E-state index contributed by atoms with van der Waals surface area (Å²) in [5, 5.41) is 1.24. The van der Waals surface area contributed by atoms with Gasteiger partial charge in [-0.3, -0.25) is 0 Å². The molecule has 0 amide bonds. The van der Waals surface area contributed by atoms with Crippen LogP contribution in [0.25, 0.3) is 21.9 Å². The summed E-state index contributed by atoms with van der Waals surface area (Å²) in [6.45, 7) is 15.0. The summed E-state index contributed by atoms with van der Waals surface area (Å²) in [5.41, 5.74) is 6.07. The summed E-state index contributed by atoms with van der Waals surface area (Å²) in [5.74, 6) is 1.04. The highest BCUT2D eigenvalue weighted by Crippen LogP contribution is 2.36. The van der Waals surface area contributed by atoms with E-state index < -0.39 is 0 Å². The quantitative estimate of drug-likeness (QED) is 0.661. The van der Waals surface area contributed by atoms with E-state index in [4.69, 9.17) is 9.97 Å². The Kier molecular flexibility index (Phi) is 5.49. The van der Waals surface area contributed by atoms with Crippen molar-refractivity contribution in [3.8, 4) is 0 Å². The SMILES string of the molecule is Cc1cc(C(C)(C)C)cc2nc(N3CCN(C)CC3)c3ncn(CCN(C)C)c3c12. The molecule has 0 atom stereocenters. The topological polar surface area (TPSA) is 40.4 Å². The Morgan fingerprint density at radius 1 is 1.07 bits per heavy atom. The van der Waals surface area contributed by atoms with Crippen LogP contribution in [0.5, 0.6) is 0 Å². The minimum Gasteiger partial charge on any atom is -0.352 e. The Bertz CT molecular complexity index is 1050. The van der Waals surface area contributed by atoms with E-state index in [0.29, 0.717) is 0 Å². The van der Waals surface area contributed by atoms with Crippen LogP contribution in [0.3, 0.4) is 0 Å². The number of imidazole rings is 1. The summed E-state index contributed by atoms with van der Waals surface area (Å²) in [6.07, 6.45) is 2.01. The van der Waals surface area contributed by atoms with Gasteiger partial charge in [-0.15, -0.1) is 0 Å². The fourth-order valence-corrected chi connectivity index (χ4v) is 4.29. The van der Waals surface area contributed by atoms with Gasteiger partial charge in [-0.2, -0.15) is 0 Å². The van der Waals surface area contributed by atoms with Crippen molar-refractivity contribution in [2.45, 2.75) is 39.7 Å². The molecule has 3 aromatic rings. The number of hydrogen-bond acceptors (Lipinski definition) is 5. The fraction of sp³-hybridized carbons (Fsp3) is 0.583. The lowest BCUT2D eigenvalue weighted by Crippen LogP contribution is -2.44. The number of hydrogen-bond donors (Lipinski definition) is 0. The molecule has 1 fully saturated rings. The van der Waals surface area contributed by atoms with Crippen molar-refractivity contribution < 1.29 is 0 Å². The molecule has 0 radical (unpaired) electrons. The Morgan fingerprint density at radius 3 is 2.40 bits per heavy atom. The van der Waals surface area contributed by atoms with E-state index in [1.807, 2.05) is 6.33 Å². The highest BCUT2D eigenvalue weighted by atomic mass is 15.3. The summed E-state index contributed by atoms with van der Waals surface area (Å²) < 4.78 is 2.32. The normalized spacial score (nSPS) is 16.3. The van der Waals surface area contributed by atoms with E-state index in [1.165, 1.54) is 22.0 Å². The van der Waals surface area contributed by atoms with Crippen molar-refractivity contribution in [3.63, 3.8) is 0 Å². The number of pyridine rings is 1. The molecule has 1 aromatic carbocycles. The van der Waals surface area contributed by atoms with Crippen LogP contribution in [0.15, 0.2) is 18.5 Å². The second-order valence-electron chi connectivity index (χ2n) is 10.1. The molecule has 0 aliphatic carbocycles. The first kappa shape index (κ1) is 21.1. The number of anilines is 1. The number of likely N-dealkylation sites (N-methyl/N-ethyl adjacent to an activating group) is 2. The van der Waals surface area contributed by atoms with Gasteiger partial charge in [0.05, 0.1) is 17.4 Å². The zero-order chi connectivity index (χ0) is 21.6. The molecule has 4 rings (SSSR count). The minimum absolute atomic E-state index is 0.0920. The third kappa shape index (κ3) is 3.91. The molecule has 0 unspecified atom stereocenters. The second-order valence-corrected chi connectivity index (χ2v) is 10.1. The molecule has 3 heterocycles. The summed E-state index contributed by atoms with van der Waals surface area (Å²) in [6, 6.07) is 4.63. The lowest BCUT2D eigenvalue weighted by molar-refractivity contribution is 0.312. The van der Waals surface area contributed by atoms with Crippen molar-refractivity contribution in [1.82, 2.24) is 24.3 Å². The molecule has 0 N–H and O–H groups in total. The Labute approximate surface area is 180 Å². The number of benzene rings is 1. The average Bonchev–Trinajstić information content (AvgIpc) is 3.09. The molecule has 2 aromatic heterocycles. The summed E-state index contributed by atoms with van der Waals surface area (Å²) >= 11 is 0. The van der Waals surface area contributed by atoms with E-state index >= 15 is 0 Å². The third-order valence-electron chi connectivity index (χ3n) is 6.28. The van der Waals surface area contributed by atoms with Gasteiger partial charge in [0.25, 0.3) is 0 Å². The molecule has 1 saturated heterocycles. The summed E-state index contributed by atoms with van der Waals surface area (Å²) in [7, 11) is 6.43. The molecule has 6 nitrogen and oxygen atoms in total. The van der Waals surface area contributed by atoms with Crippen molar-refractivity contribution in [2.75, 3.05) is 58.8 Å². The van der Waals surface area contributed by atoms with Gasteiger partial charge < -0.3 is 19.3 Å². The number of nitrogens with zero attached hydrogens (tertiary/aromatic N) is 6. The van der Waals surface area contributed by atoms with E-state index in [-0.39, 0.29) is 5.41 Å². The number of aromatic nitrogens is 3. The predicted octanol–water partition coefficient (Wildman–Crippen LogP) is 3.50.